The molecule has 3 unspecified atom stereocenters. The predicted octanol–water partition coefficient (Wildman–Crippen LogP) is 23.3. The van der Waals surface area contributed by atoms with Crippen LogP contribution in [0.5, 0.6) is 0 Å². The van der Waals surface area contributed by atoms with Gasteiger partial charge in [-0.2, -0.15) is 0 Å². The number of carbonyl (C=O) groups is 1. The van der Waals surface area contributed by atoms with Crippen molar-refractivity contribution in [2.75, 3.05) is 40.9 Å². The molecule has 0 heterocycles. The van der Waals surface area contributed by atoms with Gasteiger partial charge in [0.15, 0.2) is 0 Å². The van der Waals surface area contributed by atoms with Gasteiger partial charge in [0.1, 0.15) is 13.2 Å². The van der Waals surface area contributed by atoms with Gasteiger partial charge in [0.05, 0.1) is 39.9 Å². The molecule has 86 heavy (non-hydrogen) atoms. The number of aliphatic hydroxyl groups is 1. The first kappa shape index (κ1) is 83.7. The second-order valence-electron chi connectivity index (χ2n) is 26.3. The van der Waals surface area contributed by atoms with Crippen LogP contribution in [0.4, 0.5) is 0 Å². The number of nitrogens with zero attached hydrogens (tertiary/aromatic N) is 1. The molecule has 0 aliphatic rings. The molecule has 0 bridgehead atoms. The number of likely N-dealkylation sites (N-methyl/N-ethyl adjacent to an activating group) is 1. The third-order valence-corrected chi connectivity index (χ3v) is 17.6. The summed E-state index contributed by atoms with van der Waals surface area (Å²) >= 11 is 0. The number of nitrogens with one attached hydrogen (secondary N) is 1. The maximum Gasteiger partial charge on any atom is 0.268 e. The van der Waals surface area contributed by atoms with Crippen molar-refractivity contribution in [3.05, 3.63) is 85.1 Å². The minimum Gasteiger partial charge on any atom is -0.756 e. The third kappa shape index (κ3) is 69.2. The van der Waals surface area contributed by atoms with E-state index in [0.29, 0.717) is 23.9 Å². The monoisotopic (exact) mass is 1220 g/mol. The van der Waals surface area contributed by atoms with Crippen LogP contribution in [0.3, 0.4) is 0 Å². The summed E-state index contributed by atoms with van der Waals surface area (Å²) in [6, 6.07) is -0.808. The summed E-state index contributed by atoms with van der Waals surface area (Å²) in [6.45, 7) is 4.65. The molecule has 9 heteroatoms. The summed E-state index contributed by atoms with van der Waals surface area (Å²) in [5, 5.41) is 14.1. The second-order valence-corrected chi connectivity index (χ2v) is 27.7. The van der Waals surface area contributed by atoms with Crippen molar-refractivity contribution in [3.63, 3.8) is 0 Å². The molecule has 0 aromatic heterocycles. The zero-order chi connectivity index (χ0) is 62.6. The molecule has 0 aromatic carbocycles. The van der Waals surface area contributed by atoms with Gasteiger partial charge in [-0.05, 0) is 70.6 Å². The van der Waals surface area contributed by atoms with Crippen molar-refractivity contribution < 1.29 is 32.9 Å². The number of unbranched alkanes of at least 4 members (excludes halogenated alkanes) is 41. The van der Waals surface area contributed by atoms with E-state index in [1.165, 1.54) is 238 Å². The second kappa shape index (κ2) is 67.1. The number of hydrogen-bond acceptors (Lipinski definition) is 6. The van der Waals surface area contributed by atoms with Crippen LogP contribution in [0.25, 0.3) is 0 Å². The van der Waals surface area contributed by atoms with Crippen molar-refractivity contribution >= 4 is 13.7 Å². The topological polar surface area (TPSA) is 108 Å². The minimum atomic E-state index is -4.59. The number of rotatable bonds is 68. The average molecular weight is 1220 g/mol. The Morgan fingerprint density at radius 2 is 0.709 bits per heavy atom. The molecule has 0 aliphatic carbocycles. The zero-order valence-corrected chi connectivity index (χ0v) is 58.4. The highest BCUT2D eigenvalue weighted by Gasteiger charge is 2.24. The SMILES string of the molecule is CC/C=C\C/C=C\C/C=C\C/C=C\C/C=C\C/C=C\C/C=C\CCCCCCCCCCCCCCCC(=O)NC(COP(=O)([O-])OCC[N+](C)(C)C)C(O)CCCCCCCCCCCCCCCCCCCCCCCCCCCCCCC. The molecule has 3 atom stereocenters. The van der Waals surface area contributed by atoms with E-state index in [1.54, 1.807) is 0 Å². The molecule has 0 saturated carbocycles. The fourth-order valence-corrected chi connectivity index (χ4v) is 11.7. The molecule has 0 aliphatic heterocycles. The van der Waals surface area contributed by atoms with Crippen molar-refractivity contribution in [1.82, 2.24) is 5.32 Å². The molecule has 8 nitrogen and oxygen atoms in total. The molecular formula is C77H143N2O6P. The summed E-state index contributed by atoms with van der Waals surface area (Å²) in [7, 11) is 1.31. The van der Waals surface area contributed by atoms with E-state index < -0.39 is 20.0 Å². The highest BCUT2D eigenvalue weighted by atomic mass is 31.2. The lowest BCUT2D eigenvalue weighted by molar-refractivity contribution is -0.870. The molecule has 0 fully saturated rings. The number of carbonyl (C=O) groups excluding carboxylic acids is 1. The first-order chi connectivity index (χ1) is 42.0. The Morgan fingerprint density at radius 1 is 0.419 bits per heavy atom. The molecular weight excluding hydrogens is 1080 g/mol. The Balaban J connectivity index is 4.03. The van der Waals surface area contributed by atoms with Gasteiger partial charge in [-0.3, -0.25) is 9.36 Å². The Bertz CT molecular complexity index is 1680. The first-order valence-electron chi connectivity index (χ1n) is 36.9. The van der Waals surface area contributed by atoms with Crippen molar-refractivity contribution in [1.29, 1.82) is 0 Å². The van der Waals surface area contributed by atoms with Crippen LogP contribution in [0.15, 0.2) is 85.1 Å². The lowest BCUT2D eigenvalue weighted by Gasteiger charge is -2.30. The molecule has 0 rings (SSSR count). The standard InChI is InChI=1S/C77H143N2O6P/c1-6-8-10-12-14-16-18-20-22-24-26-28-30-32-34-36-37-38-39-40-41-43-45-47-49-51-53-55-57-59-61-63-65-67-69-71-77(81)78-75(74-85-86(82,83)84-73-72-79(3,4)5)76(80)70-68-66-64-62-60-58-56-54-52-50-48-46-44-42-35-33-31-29-27-25-23-21-19-17-15-13-11-9-7-2/h8,10,14,16,20,22,26,28,32,34,37-38,40-41,75-76,80H,6-7,9,11-13,15,17-19,21,23-25,27,29-31,33,35-36,39,42-74H2,1-5H3,(H-,78,81,82,83)/b10-8-,16-14-,22-20-,28-26-,34-32-,38-37-,41-40-. The minimum absolute atomic E-state index is 0.0102. The number of aliphatic hydroxyl groups excluding tert-OH is 1. The molecule has 1 amide bonds. The fourth-order valence-electron chi connectivity index (χ4n) is 11.0. The number of quaternary nitrogens is 1. The lowest BCUT2D eigenvalue weighted by atomic mass is 10.0. The maximum atomic E-state index is 13.1. The van der Waals surface area contributed by atoms with Gasteiger partial charge in [-0.1, -0.05) is 356 Å². The molecule has 0 radical (unpaired) electrons. The number of hydrogen-bond donors (Lipinski definition) is 2. The van der Waals surface area contributed by atoms with Crippen molar-refractivity contribution in [3.8, 4) is 0 Å². The highest BCUT2D eigenvalue weighted by molar-refractivity contribution is 7.45. The van der Waals surface area contributed by atoms with Crippen LogP contribution in [0, 0.1) is 0 Å². The molecule has 502 valence electrons. The molecule has 2 N–H and O–H groups in total. The predicted molar refractivity (Wildman–Crippen MR) is 376 cm³/mol. The van der Waals surface area contributed by atoms with Gasteiger partial charge in [0.2, 0.25) is 5.91 Å². The average Bonchev–Trinajstić information content (AvgIpc) is 3.70. The number of allylic oxidation sites excluding steroid dienone is 14. The zero-order valence-electron chi connectivity index (χ0n) is 57.5. The van der Waals surface area contributed by atoms with Crippen molar-refractivity contribution in [2.24, 2.45) is 0 Å². The first-order valence-corrected chi connectivity index (χ1v) is 38.4. The van der Waals surface area contributed by atoms with Gasteiger partial charge >= 0.3 is 0 Å². The number of amides is 1. The van der Waals surface area contributed by atoms with Gasteiger partial charge in [-0.15, -0.1) is 0 Å². The Labute approximate surface area is 535 Å². The van der Waals surface area contributed by atoms with E-state index >= 15 is 0 Å². The van der Waals surface area contributed by atoms with Crippen LogP contribution in [0.1, 0.15) is 348 Å². The Kier molecular flexibility index (Phi) is 65.3. The Morgan fingerprint density at radius 3 is 1.03 bits per heavy atom. The van der Waals surface area contributed by atoms with E-state index in [1.807, 2.05) is 21.1 Å². The Hall–Kier alpha value is -2.32. The van der Waals surface area contributed by atoms with Gasteiger partial charge in [0.25, 0.3) is 7.82 Å². The number of phosphoric acid groups is 1. The molecule has 0 spiro atoms. The van der Waals surface area contributed by atoms with Crippen LogP contribution < -0.4 is 10.2 Å². The lowest BCUT2D eigenvalue weighted by Crippen LogP contribution is -2.46. The highest BCUT2D eigenvalue weighted by Crippen LogP contribution is 2.38. The van der Waals surface area contributed by atoms with Gasteiger partial charge in [-0.25, -0.2) is 0 Å². The summed E-state index contributed by atoms with van der Waals surface area (Å²) in [5.74, 6) is -0.164. The van der Waals surface area contributed by atoms with Crippen LogP contribution in [0.2, 0.25) is 0 Å². The van der Waals surface area contributed by atoms with E-state index in [9.17, 15) is 19.4 Å². The van der Waals surface area contributed by atoms with Gasteiger partial charge < -0.3 is 28.8 Å². The van der Waals surface area contributed by atoms with Crippen molar-refractivity contribution in [2.45, 2.75) is 360 Å². The van der Waals surface area contributed by atoms with Crippen LogP contribution in [-0.2, 0) is 18.4 Å². The molecule has 0 aromatic rings. The summed E-state index contributed by atoms with van der Waals surface area (Å²) < 4.78 is 23.6. The largest absolute Gasteiger partial charge is 0.756 e. The fraction of sp³-hybridized carbons (Fsp3) is 0.805. The van der Waals surface area contributed by atoms with E-state index in [2.05, 4.69) is 104 Å². The summed E-state index contributed by atoms with van der Waals surface area (Å²) in [6.07, 6.45) is 95.2. The summed E-state index contributed by atoms with van der Waals surface area (Å²) in [4.78, 5) is 25.7. The molecule has 0 saturated heterocycles. The van der Waals surface area contributed by atoms with Crippen LogP contribution in [-0.4, -0.2) is 68.5 Å². The van der Waals surface area contributed by atoms with Gasteiger partial charge in [0, 0.05) is 6.42 Å². The van der Waals surface area contributed by atoms with Crippen LogP contribution >= 0.6 is 7.82 Å². The van der Waals surface area contributed by atoms with E-state index in [-0.39, 0.29) is 19.1 Å². The number of phosphoric ester groups is 1. The quantitative estimate of drug-likeness (QED) is 0.0272. The van der Waals surface area contributed by atoms with E-state index in [4.69, 9.17) is 9.05 Å². The normalized spacial score (nSPS) is 14.1. The third-order valence-electron chi connectivity index (χ3n) is 16.6. The maximum absolute atomic E-state index is 13.1. The van der Waals surface area contributed by atoms with E-state index in [0.717, 1.165) is 83.5 Å². The smallest absolute Gasteiger partial charge is 0.268 e. The summed E-state index contributed by atoms with van der Waals surface area (Å²) in [5.41, 5.74) is 0.